The van der Waals surface area contributed by atoms with Crippen LogP contribution in [0, 0.1) is 6.92 Å². The third-order valence-electron chi connectivity index (χ3n) is 5.36. The molecule has 1 N–H and O–H groups in total. The molecule has 1 aromatic heterocycles. The Morgan fingerprint density at radius 1 is 0.815 bits per heavy atom. The second-order valence-corrected chi connectivity index (χ2v) is 7.75. The number of unbranched alkanes of at least 4 members (excludes halogenated alkanes) is 13. The fourth-order valence-electron chi connectivity index (χ4n) is 3.58. The van der Waals surface area contributed by atoms with E-state index in [9.17, 15) is 9.59 Å². The van der Waals surface area contributed by atoms with Crippen molar-refractivity contribution in [2.45, 2.75) is 110 Å². The zero-order chi connectivity index (χ0) is 19.9. The Balaban J connectivity index is 2.05. The summed E-state index contributed by atoms with van der Waals surface area (Å²) in [6, 6.07) is 3.12. The maximum Gasteiger partial charge on any atom is 0.341 e. The van der Waals surface area contributed by atoms with Crippen LogP contribution in [0.2, 0.25) is 0 Å². The minimum atomic E-state index is -1.14. The highest BCUT2D eigenvalue weighted by atomic mass is 16.4. The van der Waals surface area contributed by atoms with Crippen molar-refractivity contribution in [3.05, 3.63) is 33.7 Å². The monoisotopic (exact) mass is 377 g/mol. The topological polar surface area (TPSA) is 59.3 Å². The second kappa shape index (κ2) is 14.5. The van der Waals surface area contributed by atoms with Gasteiger partial charge in [-0.25, -0.2) is 4.79 Å². The summed E-state index contributed by atoms with van der Waals surface area (Å²) in [6.07, 6.45) is 18.2. The van der Waals surface area contributed by atoms with Gasteiger partial charge in [0.25, 0.3) is 5.56 Å². The number of rotatable bonds is 16. The van der Waals surface area contributed by atoms with Crippen LogP contribution in [-0.2, 0) is 6.54 Å². The smallest absolute Gasteiger partial charge is 0.341 e. The van der Waals surface area contributed by atoms with Crippen LogP contribution in [-0.4, -0.2) is 15.6 Å². The standard InChI is InChI=1S/C23H39NO3/c1-3-4-5-6-7-8-9-10-11-12-13-14-15-16-19-24-20(2)17-18-21(22(24)25)23(26)27/h17-18H,3-16,19H2,1-2H3,(H,26,27). The molecule has 0 aliphatic rings. The molecule has 154 valence electrons. The lowest BCUT2D eigenvalue weighted by atomic mass is 10.0. The van der Waals surface area contributed by atoms with Crippen LogP contribution in [0.3, 0.4) is 0 Å². The number of nitrogens with zero attached hydrogens (tertiary/aromatic N) is 1. The molecular formula is C23H39NO3. The molecule has 0 radical (unpaired) electrons. The summed E-state index contributed by atoms with van der Waals surface area (Å²) in [7, 11) is 0. The van der Waals surface area contributed by atoms with E-state index in [-0.39, 0.29) is 11.1 Å². The first kappa shape index (κ1) is 23.5. The molecule has 0 fully saturated rings. The highest BCUT2D eigenvalue weighted by molar-refractivity contribution is 5.87. The number of pyridine rings is 1. The summed E-state index contributed by atoms with van der Waals surface area (Å²) < 4.78 is 1.60. The van der Waals surface area contributed by atoms with Crippen molar-refractivity contribution < 1.29 is 9.90 Å². The summed E-state index contributed by atoms with van der Waals surface area (Å²) in [5, 5.41) is 9.06. The molecule has 0 aliphatic carbocycles. The summed E-state index contributed by atoms with van der Waals surface area (Å²) in [5.41, 5.74) is 0.322. The van der Waals surface area contributed by atoms with Gasteiger partial charge in [0.05, 0.1) is 0 Å². The van der Waals surface area contributed by atoms with E-state index in [0.717, 1.165) is 18.5 Å². The van der Waals surface area contributed by atoms with Crippen LogP contribution in [0.25, 0.3) is 0 Å². The maximum atomic E-state index is 12.2. The molecule has 0 atom stereocenters. The van der Waals surface area contributed by atoms with Crippen LogP contribution < -0.4 is 5.56 Å². The van der Waals surface area contributed by atoms with Gasteiger partial charge in [-0.2, -0.15) is 0 Å². The molecule has 0 bridgehead atoms. The van der Waals surface area contributed by atoms with Gasteiger partial charge in [0.1, 0.15) is 5.56 Å². The molecule has 1 heterocycles. The van der Waals surface area contributed by atoms with Crippen LogP contribution in [0.4, 0.5) is 0 Å². The molecule has 0 aromatic carbocycles. The van der Waals surface area contributed by atoms with E-state index in [1.807, 2.05) is 6.92 Å². The van der Waals surface area contributed by atoms with Crippen LogP contribution in [0.15, 0.2) is 16.9 Å². The van der Waals surface area contributed by atoms with Crippen molar-refractivity contribution >= 4 is 5.97 Å². The van der Waals surface area contributed by atoms with E-state index >= 15 is 0 Å². The molecule has 1 rings (SSSR count). The Bertz CT molecular complexity index is 592. The average Bonchev–Trinajstić information content (AvgIpc) is 2.64. The summed E-state index contributed by atoms with van der Waals surface area (Å²) in [6.45, 7) is 4.73. The molecule has 1 aromatic rings. The van der Waals surface area contributed by atoms with Crippen molar-refractivity contribution in [2.24, 2.45) is 0 Å². The van der Waals surface area contributed by atoms with Gasteiger partial charge in [-0.1, -0.05) is 90.4 Å². The van der Waals surface area contributed by atoms with Gasteiger partial charge in [-0.05, 0) is 25.5 Å². The quantitative estimate of drug-likeness (QED) is 0.342. The van der Waals surface area contributed by atoms with E-state index in [1.54, 1.807) is 10.6 Å². The largest absolute Gasteiger partial charge is 0.477 e. The molecule has 0 aliphatic heterocycles. The maximum absolute atomic E-state index is 12.2. The van der Waals surface area contributed by atoms with Crippen molar-refractivity contribution in [1.29, 1.82) is 0 Å². The lowest BCUT2D eigenvalue weighted by Gasteiger charge is -2.10. The summed E-state index contributed by atoms with van der Waals surface area (Å²) in [4.78, 5) is 23.3. The molecule has 4 heteroatoms. The molecular weight excluding hydrogens is 338 g/mol. The Kier molecular flexibility index (Phi) is 12.6. The highest BCUT2D eigenvalue weighted by Crippen LogP contribution is 2.13. The van der Waals surface area contributed by atoms with Gasteiger partial charge in [0.2, 0.25) is 0 Å². The predicted molar refractivity (Wildman–Crippen MR) is 113 cm³/mol. The lowest BCUT2D eigenvalue weighted by molar-refractivity contribution is 0.0694. The third kappa shape index (κ3) is 9.78. The zero-order valence-electron chi connectivity index (χ0n) is 17.5. The van der Waals surface area contributed by atoms with Gasteiger partial charge >= 0.3 is 5.97 Å². The second-order valence-electron chi connectivity index (χ2n) is 7.75. The van der Waals surface area contributed by atoms with E-state index in [4.69, 9.17) is 5.11 Å². The van der Waals surface area contributed by atoms with Crippen molar-refractivity contribution in [3.8, 4) is 0 Å². The minimum Gasteiger partial charge on any atom is -0.477 e. The normalized spacial score (nSPS) is 11.0. The molecule has 0 spiro atoms. The molecule has 4 nitrogen and oxygen atoms in total. The summed E-state index contributed by atoms with van der Waals surface area (Å²) >= 11 is 0. The number of aryl methyl sites for hydroxylation is 1. The first-order valence-electron chi connectivity index (χ1n) is 11.0. The Labute approximate surface area is 165 Å². The third-order valence-corrected chi connectivity index (χ3v) is 5.36. The van der Waals surface area contributed by atoms with Crippen molar-refractivity contribution in [1.82, 2.24) is 4.57 Å². The fraction of sp³-hybridized carbons (Fsp3) is 0.739. The lowest BCUT2D eigenvalue weighted by Crippen LogP contribution is -2.27. The number of carboxylic acid groups (broad SMARTS) is 1. The Morgan fingerprint density at radius 3 is 1.70 bits per heavy atom. The molecule has 0 amide bonds. The number of carbonyl (C=O) groups is 1. The van der Waals surface area contributed by atoms with Gasteiger partial charge in [-0.3, -0.25) is 4.79 Å². The summed E-state index contributed by atoms with van der Waals surface area (Å²) in [5.74, 6) is -1.14. The highest BCUT2D eigenvalue weighted by Gasteiger charge is 2.11. The zero-order valence-corrected chi connectivity index (χ0v) is 17.5. The SMILES string of the molecule is CCCCCCCCCCCCCCCCn1c(C)ccc(C(=O)O)c1=O. The van der Waals surface area contributed by atoms with Crippen molar-refractivity contribution in [2.75, 3.05) is 0 Å². The van der Waals surface area contributed by atoms with Crippen LogP contribution in [0.5, 0.6) is 0 Å². The van der Waals surface area contributed by atoms with Crippen LogP contribution >= 0.6 is 0 Å². The molecule has 27 heavy (non-hydrogen) atoms. The van der Waals surface area contributed by atoms with Gasteiger partial charge in [-0.15, -0.1) is 0 Å². The average molecular weight is 378 g/mol. The van der Waals surface area contributed by atoms with E-state index in [0.29, 0.717) is 6.54 Å². The Hall–Kier alpha value is -1.58. The van der Waals surface area contributed by atoms with E-state index in [1.165, 1.54) is 83.1 Å². The van der Waals surface area contributed by atoms with E-state index in [2.05, 4.69) is 6.92 Å². The predicted octanol–water partition coefficient (Wildman–Crippen LogP) is 6.34. The number of aromatic carboxylic acids is 1. The number of aromatic nitrogens is 1. The molecule has 0 saturated carbocycles. The van der Waals surface area contributed by atoms with E-state index < -0.39 is 5.97 Å². The van der Waals surface area contributed by atoms with Gasteiger partial charge in [0, 0.05) is 12.2 Å². The van der Waals surface area contributed by atoms with Gasteiger partial charge < -0.3 is 9.67 Å². The first-order valence-corrected chi connectivity index (χ1v) is 11.0. The number of hydrogen-bond donors (Lipinski definition) is 1. The number of hydrogen-bond acceptors (Lipinski definition) is 2. The molecule has 0 saturated heterocycles. The molecule has 0 unspecified atom stereocenters. The Morgan fingerprint density at radius 2 is 1.26 bits per heavy atom. The number of carboxylic acids is 1. The van der Waals surface area contributed by atoms with Gasteiger partial charge in [0.15, 0.2) is 0 Å². The first-order chi connectivity index (χ1) is 13.1. The van der Waals surface area contributed by atoms with Crippen molar-refractivity contribution in [3.63, 3.8) is 0 Å². The van der Waals surface area contributed by atoms with Crippen LogP contribution in [0.1, 0.15) is 113 Å². The fourth-order valence-corrected chi connectivity index (χ4v) is 3.58. The minimum absolute atomic E-state index is 0.133.